The van der Waals surface area contributed by atoms with E-state index in [1.165, 1.54) is 41.3 Å². The zero-order valence-corrected chi connectivity index (χ0v) is 16.4. The van der Waals surface area contributed by atoms with E-state index in [2.05, 4.69) is 5.32 Å². The quantitative estimate of drug-likeness (QED) is 0.582. The monoisotopic (exact) mass is 422 g/mol. The summed E-state index contributed by atoms with van der Waals surface area (Å²) in [6.45, 7) is 0.181. The molecule has 11 heteroatoms. The van der Waals surface area contributed by atoms with Crippen LogP contribution in [0.5, 0.6) is 0 Å². The summed E-state index contributed by atoms with van der Waals surface area (Å²) in [7, 11) is -2.47. The van der Waals surface area contributed by atoms with Crippen LogP contribution in [0.25, 0.3) is 0 Å². The summed E-state index contributed by atoms with van der Waals surface area (Å²) in [6, 6.07) is 9.24. The molecule has 0 aliphatic carbocycles. The molecule has 0 unspecified atom stereocenters. The minimum Gasteiger partial charge on any atom is -0.383 e. The van der Waals surface area contributed by atoms with Gasteiger partial charge in [-0.15, -0.1) is 0 Å². The van der Waals surface area contributed by atoms with E-state index in [0.29, 0.717) is 0 Å². The van der Waals surface area contributed by atoms with Crippen molar-refractivity contribution < 1.29 is 22.5 Å². The van der Waals surface area contributed by atoms with Crippen LogP contribution in [0.3, 0.4) is 0 Å². The lowest BCUT2D eigenvalue weighted by atomic mass is 10.1. The smallest absolute Gasteiger partial charge is 0.293 e. The molecule has 1 aliphatic rings. The van der Waals surface area contributed by atoms with Crippen LogP contribution in [-0.4, -0.2) is 61.7 Å². The molecule has 0 bridgehead atoms. The first kappa shape index (κ1) is 20.7. The van der Waals surface area contributed by atoms with Gasteiger partial charge in [-0.2, -0.15) is 4.31 Å². The van der Waals surface area contributed by atoms with Crippen LogP contribution in [0.15, 0.2) is 47.4 Å². The van der Waals surface area contributed by atoms with Crippen LogP contribution in [0.2, 0.25) is 0 Å². The van der Waals surface area contributed by atoms with Gasteiger partial charge in [0.1, 0.15) is 16.4 Å². The van der Waals surface area contributed by atoms with E-state index in [1.54, 1.807) is 7.05 Å². The van der Waals surface area contributed by atoms with Crippen LogP contribution >= 0.6 is 0 Å². The highest BCUT2D eigenvalue weighted by molar-refractivity contribution is 7.89. The maximum Gasteiger partial charge on any atom is 0.293 e. The fraction of sp³-hybridized carbons (Fsp3) is 0.278. The maximum atomic E-state index is 13.9. The summed E-state index contributed by atoms with van der Waals surface area (Å²) in [4.78, 5) is 24.3. The molecule has 0 aromatic heterocycles. The highest BCUT2D eigenvalue weighted by Gasteiger charge is 2.32. The first-order chi connectivity index (χ1) is 13.8. The average molecular weight is 422 g/mol. The van der Waals surface area contributed by atoms with Gasteiger partial charge in [0, 0.05) is 44.9 Å². The molecule has 3 rings (SSSR count). The number of nitrogens with one attached hydrogen (secondary N) is 1. The van der Waals surface area contributed by atoms with Gasteiger partial charge in [-0.05, 0) is 24.3 Å². The number of piperazine rings is 1. The number of anilines is 1. The first-order valence-electron chi connectivity index (χ1n) is 8.76. The summed E-state index contributed by atoms with van der Waals surface area (Å²) in [6.07, 6.45) is 0. The third kappa shape index (κ3) is 4.05. The van der Waals surface area contributed by atoms with Crippen molar-refractivity contribution in [3.05, 3.63) is 64.0 Å². The zero-order chi connectivity index (χ0) is 21.2. The lowest BCUT2D eigenvalue weighted by Crippen LogP contribution is -2.50. The number of nitrogens with zero attached hydrogens (tertiary/aromatic N) is 3. The van der Waals surface area contributed by atoms with Gasteiger partial charge in [0.25, 0.3) is 11.6 Å². The SMILES string of the molecule is CNc1ccc(C(=O)N2CCN(S(=O)(=O)c3ccccc3F)CC2)cc1[N+](=O)[O-]. The average Bonchev–Trinajstić information content (AvgIpc) is 2.73. The molecule has 154 valence electrons. The van der Waals surface area contributed by atoms with Crippen molar-refractivity contribution in [1.29, 1.82) is 0 Å². The summed E-state index contributed by atoms with van der Waals surface area (Å²) < 4.78 is 40.3. The molecule has 1 N–H and O–H groups in total. The van der Waals surface area contributed by atoms with Crippen LogP contribution in [0.1, 0.15) is 10.4 Å². The predicted molar refractivity (Wildman–Crippen MR) is 104 cm³/mol. The number of hydrogen-bond donors (Lipinski definition) is 1. The normalized spacial score (nSPS) is 15.2. The molecule has 0 atom stereocenters. The maximum absolute atomic E-state index is 13.9. The second kappa shape index (κ2) is 8.13. The van der Waals surface area contributed by atoms with E-state index < -0.39 is 31.6 Å². The lowest BCUT2D eigenvalue weighted by Gasteiger charge is -2.34. The minimum atomic E-state index is -4.01. The van der Waals surface area contributed by atoms with Gasteiger partial charge in [0.2, 0.25) is 10.0 Å². The molecule has 1 saturated heterocycles. The zero-order valence-electron chi connectivity index (χ0n) is 15.5. The van der Waals surface area contributed by atoms with Crippen LogP contribution in [0.4, 0.5) is 15.8 Å². The third-order valence-electron chi connectivity index (χ3n) is 4.69. The number of amides is 1. The van der Waals surface area contributed by atoms with Gasteiger partial charge in [-0.25, -0.2) is 12.8 Å². The van der Waals surface area contributed by atoms with Gasteiger partial charge >= 0.3 is 0 Å². The van der Waals surface area contributed by atoms with Crippen molar-refractivity contribution in [3.63, 3.8) is 0 Å². The molecular weight excluding hydrogens is 403 g/mol. The molecule has 0 saturated carbocycles. The summed E-state index contributed by atoms with van der Waals surface area (Å²) in [5.41, 5.74) is 0.201. The van der Waals surface area contributed by atoms with Crippen LogP contribution in [0, 0.1) is 15.9 Å². The highest BCUT2D eigenvalue weighted by atomic mass is 32.2. The fourth-order valence-corrected chi connectivity index (χ4v) is 4.62. The van der Waals surface area contributed by atoms with E-state index in [1.807, 2.05) is 0 Å². The molecule has 2 aromatic carbocycles. The van der Waals surface area contributed by atoms with E-state index in [-0.39, 0.29) is 43.1 Å². The Morgan fingerprint density at radius 2 is 1.79 bits per heavy atom. The number of rotatable bonds is 5. The third-order valence-corrected chi connectivity index (χ3v) is 6.62. The Bertz CT molecular complexity index is 1050. The number of hydrogen-bond acceptors (Lipinski definition) is 6. The topological polar surface area (TPSA) is 113 Å². The Labute approximate surface area is 166 Å². The van der Waals surface area contributed by atoms with Crippen molar-refractivity contribution in [2.24, 2.45) is 0 Å². The molecule has 1 fully saturated rings. The largest absolute Gasteiger partial charge is 0.383 e. The second-order valence-electron chi connectivity index (χ2n) is 6.37. The van der Waals surface area contributed by atoms with E-state index in [0.717, 1.165) is 10.4 Å². The number of sulfonamides is 1. The summed E-state index contributed by atoms with van der Waals surface area (Å²) in [5.74, 6) is -1.26. The van der Waals surface area contributed by atoms with Crippen molar-refractivity contribution >= 4 is 27.3 Å². The van der Waals surface area contributed by atoms with Gasteiger partial charge < -0.3 is 10.2 Å². The summed E-state index contributed by atoms with van der Waals surface area (Å²) >= 11 is 0. The fourth-order valence-electron chi connectivity index (χ4n) is 3.13. The standard InChI is InChI=1S/C18H19FN4O5S/c1-20-15-7-6-13(12-16(15)23(25)26)18(24)21-8-10-22(11-9-21)29(27,28)17-5-3-2-4-14(17)19/h2-7,12,20H,8-11H2,1H3. The van der Waals surface area contributed by atoms with Crippen molar-refractivity contribution in [1.82, 2.24) is 9.21 Å². The van der Waals surface area contributed by atoms with Crippen molar-refractivity contribution in [2.75, 3.05) is 38.5 Å². The molecule has 29 heavy (non-hydrogen) atoms. The minimum absolute atomic E-state index is 0.000893. The molecule has 0 radical (unpaired) electrons. The van der Waals surface area contributed by atoms with E-state index >= 15 is 0 Å². The van der Waals surface area contributed by atoms with Gasteiger partial charge in [-0.1, -0.05) is 12.1 Å². The Morgan fingerprint density at radius 3 is 2.38 bits per heavy atom. The Kier molecular flexibility index (Phi) is 5.80. The summed E-state index contributed by atoms with van der Waals surface area (Å²) in [5, 5.41) is 13.9. The van der Waals surface area contributed by atoms with E-state index in [4.69, 9.17) is 0 Å². The van der Waals surface area contributed by atoms with Crippen molar-refractivity contribution in [2.45, 2.75) is 4.90 Å². The van der Waals surface area contributed by atoms with Crippen LogP contribution in [-0.2, 0) is 10.0 Å². The predicted octanol–water partition coefficient (Wildman–Crippen LogP) is 1.92. The number of carbonyl (C=O) groups excluding carboxylic acids is 1. The highest BCUT2D eigenvalue weighted by Crippen LogP contribution is 2.26. The number of carbonyl (C=O) groups is 1. The number of nitro benzene ring substituents is 1. The molecule has 1 heterocycles. The first-order valence-corrected chi connectivity index (χ1v) is 10.2. The van der Waals surface area contributed by atoms with Crippen molar-refractivity contribution in [3.8, 4) is 0 Å². The Hall–Kier alpha value is -3.05. The molecule has 1 amide bonds. The van der Waals surface area contributed by atoms with Gasteiger partial charge in [-0.3, -0.25) is 14.9 Å². The second-order valence-corrected chi connectivity index (χ2v) is 8.27. The number of halogens is 1. The number of nitro groups is 1. The molecular formula is C18H19FN4O5S. The van der Waals surface area contributed by atoms with E-state index in [9.17, 15) is 27.7 Å². The molecule has 2 aromatic rings. The van der Waals surface area contributed by atoms with Gasteiger partial charge in [0.15, 0.2) is 0 Å². The Balaban J connectivity index is 1.74. The van der Waals surface area contributed by atoms with Crippen LogP contribution < -0.4 is 5.32 Å². The Morgan fingerprint density at radius 1 is 1.14 bits per heavy atom. The number of benzene rings is 2. The molecule has 0 spiro atoms. The lowest BCUT2D eigenvalue weighted by molar-refractivity contribution is -0.384. The molecule has 9 nitrogen and oxygen atoms in total. The molecule has 1 aliphatic heterocycles. The van der Waals surface area contributed by atoms with Gasteiger partial charge in [0.05, 0.1) is 4.92 Å².